The van der Waals surface area contributed by atoms with E-state index < -0.39 is 11.7 Å². The number of aromatic nitrogens is 1. The molecule has 0 N–H and O–H groups in total. The number of nitrogens with zero attached hydrogens (tertiary/aromatic N) is 2. The molecule has 1 amide bonds. The van der Waals surface area contributed by atoms with E-state index >= 15 is 0 Å². The number of hydrogen-bond donors (Lipinski definition) is 0. The second-order valence-corrected chi connectivity index (χ2v) is 6.29. The molecule has 1 aromatic carbocycles. The summed E-state index contributed by atoms with van der Waals surface area (Å²) in [5, 5.41) is 0. The van der Waals surface area contributed by atoms with Gasteiger partial charge in [0, 0.05) is 19.7 Å². The largest absolute Gasteiger partial charge is 0.416 e. The van der Waals surface area contributed by atoms with E-state index in [-0.39, 0.29) is 12.0 Å². The highest BCUT2D eigenvalue weighted by Crippen LogP contribution is 2.30. The Hall–Kier alpha value is -2.41. The summed E-state index contributed by atoms with van der Waals surface area (Å²) in [7, 11) is 0. The Morgan fingerprint density at radius 2 is 2.08 bits per heavy atom. The maximum absolute atomic E-state index is 12.8. The molecule has 1 atom stereocenters. The van der Waals surface area contributed by atoms with Crippen LogP contribution in [-0.2, 0) is 22.1 Å². The summed E-state index contributed by atoms with van der Waals surface area (Å²) in [6, 6.07) is 8.93. The van der Waals surface area contributed by atoms with Crippen LogP contribution < -0.4 is 0 Å². The van der Waals surface area contributed by atoms with Crippen LogP contribution >= 0.6 is 0 Å². The van der Waals surface area contributed by atoms with Crippen molar-refractivity contribution in [2.24, 2.45) is 0 Å². The van der Waals surface area contributed by atoms with Crippen molar-refractivity contribution in [1.29, 1.82) is 0 Å². The number of alkyl halides is 3. The van der Waals surface area contributed by atoms with E-state index in [0.29, 0.717) is 37.4 Å². The second kappa shape index (κ2) is 7.45. The van der Waals surface area contributed by atoms with Gasteiger partial charge in [-0.25, -0.2) is 0 Å². The summed E-state index contributed by atoms with van der Waals surface area (Å²) < 4.78 is 44.1. The number of carbonyl (C=O) groups is 1. The molecule has 1 aromatic heterocycles. The van der Waals surface area contributed by atoms with Crippen LogP contribution in [-0.4, -0.2) is 35.5 Å². The quantitative estimate of drug-likeness (QED) is 0.836. The molecular formula is C19H19F3N2O2. The molecule has 1 saturated heterocycles. The van der Waals surface area contributed by atoms with Crippen molar-refractivity contribution in [2.45, 2.75) is 25.6 Å². The van der Waals surface area contributed by atoms with E-state index in [1.54, 1.807) is 23.2 Å². The molecular weight excluding hydrogens is 345 g/mol. The van der Waals surface area contributed by atoms with Gasteiger partial charge in [0.25, 0.3) is 0 Å². The van der Waals surface area contributed by atoms with Crippen LogP contribution in [0.5, 0.6) is 0 Å². The molecule has 1 aliphatic rings. The normalized spacial score (nSPS) is 18.0. The van der Waals surface area contributed by atoms with Crippen LogP contribution in [0.3, 0.4) is 0 Å². The first-order chi connectivity index (χ1) is 12.3. The highest BCUT2D eigenvalue weighted by molar-refractivity contribution is 5.73. The second-order valence-electron chi connectivity index (χ2n) is 6.29. The molecule has 0 spiro atoms. The van der Waals surface area contributed by atoms with Crippen LogP contribution in [0.15, 0.2) is 42.6 Å². The molecule has 1 fully saturated rings. The fourth-order valence-corrected chi connectivity index (χ4v) is 2.94. The van der Waals surface area contributed by atoms with Crippen molar-refractivity contribution in [3.05, 3.63) is 65.0 Å². The predicted molar refractivity (Wildman–Crippen MR) is 89.4 cm³/mol. The van der Waals surface area contributed by atoms with Crippen molar-refractivity contribution >= 4 is 5.91 Å². The number of hydrogen-bond acceptors (Lipinski definition) is 3. The van der Waals surface area contributed by atoms with E-state index in [4.69, 9.17) is 4.74 Å². The average Bonchev–Trinajstić information content (AvgIpc) is 2.62. The maximum Gasteiger partial charge on any atom is 0.416 e. The molecule has 7 heteroatoms. The Balaban J connectivity index is 1.69. The summed E-state index contributed by atoms with van der Waals surface area (Å²) >= 11 is 0. The van der Waals surface area contributed by atoms with Gasteiger partial charge in [0.1, 0.15) is 6.10 Å². The number of pyridine rings is 1. The monoisotopic (exact) mass is 364 g/mol. The van der Waals surface area contributed by atoms with Gasteiger partial charge in [-0.15, -0.1) is 0 Å². The molecule has 0 radical (unpaired) electrons. The Kier molecular flexibility index (Phi) is 5.27. The fraction of sp³-hybridized carbons (Fsp3) is 0.368. The third-order valence-electron chi connectivity index (χ3n) is 4.35. The van der Waals surface area contributed by atoms with E-state index in [1.807, 2.05) is 6.07 Å². The lowest BCUT2D eigenvalue weighted by Gasteiger charge is -2.32. The van der Waals surface area contributed by atoms with Gasteiger partial charge in [-0.2, -0.15) is 13.2 Å². The summed E-state index contributed by atoms with van der Waals surface area (Å²) in [4.78, 5) is 17.6. The number of morpholine rings is 1. The van der Waals surface area contributed by atoms with Crippen molar-refractivity contribution in [2.75, 3.05) is 19.7 Å². The van der Waals surface area contributed by atoms with Crippen LogP contribution in [0.4, 0.5) is 13.2 Å². The molecule has 0 bridgehead atoms. The molecule has 0 aliphatic carbocycles. The Morgan fingerprint density at radius 3 is 2.73 bits per heavy atom. The number of halogens is 3. The summed E-state index contributed by atoms with van der Waals surface area (Å²) in [6.07, 6.45) is -2.62. The summed E-state index contributed by atoms with van der Waals surface area (Å²) in [6.45, 7) is 3.00. The fourth-order valence-electron chi connectivity index (χ4n) is 2.94. The van der Waals surface area contributed by atoms with Gasteiger partial charge in [-0.05, 0) is 29.7 Å². The van der Waals surface area contributed by atoms with Crippen molar-refractivity contribution in [3.8, 4) is 0 Å². The number of rotatable bonds is 3. The number of benzene rings is 1. The SMILES string of the molecule is CC(=O)N1CCOC(c2ccc(Cc3cccc(C(F)(F)F)c3)cn2)C1. The van der Waals surface area contributed by atoms with Gasteiger partial charge in [-0.1, -0.05) is 24.3 Å². The first-order valence-corrected chi connectivity index (χ1v) is 8.31. The van der Waals surface area contributed by atoms with Crippen molar-refractivity contribution in [3.63, 3.8) is 0 Å². The highest BCUT2D eigenvalue weighted by atomic mass is 19.4. The lowest BCUT2D eigenvalue weighted by atomic mass is 10.0. The van der Waals surface area contributed by atoms with Crippen LogP contribution in [0.2, 0.25) is 0 Å². The molecule has 1 aliphatic heterocycles. The van der Waals surface area contributed by atoms with E-state index in [9.17, 15) is 18.0 Å². The lowest BCUT2D eigenvalue weighted by Crippen LogP contribution is -2.41. The molecule has 2 heterocycles. The predicted octanol–water partition coefficient (Wildman–Crippen LogP) is 3.61. The molecule has 1 unspecified atom stereocenters. The van der Waals surface area contributed by atoms with E-state index in [1.165, 1.54) is 13.0 Å². The highest BCUT2D eigenvalue weighted by Gasteiger charge is 2.30. The van der Waals surface area contributed by atoms with Crippen LogP contribution in [0.1, 0.15) is 35.4 Å². The first kappa shape index (κ1) is 18.4. The zero-order chi connectivity index (χ0) is 18.7. The number of amides is 1. The first-order valence-electron chi connectivity index (χ1n) is 8.31. The maximum atomic E-state index is 12.8. The summed E-state index contributed by atoms with van der Waals surface area (Å²) in [5.41, 5.74) is 1.45. The van der Waals surface area contributed by atoms with Gasteiger partial charge >= 0.3 is 6.18 Å². The minimum atomic E-state index is -4.35. The average molecular weight is 364 g/mol. The molecule has 138 valence electrons. The van der Waals surface area contributed by atoms with Gasteiger partial charge in [-0.3, -0.25) is 9.78 Å². The molecule has 2 aromatic rings. The smallest absolute Gasteiger partial charge is 0.368 e. The van der Waals surface area contributed by atoms with Gasteiger partial charge in [0.05, 0.1) is 24.4 Å². The Labute approximate surface area is 149 Å². The lowest BCUT2D eigenvalue weighted by molar-refractivity contribution is -0.138. The molecule has 26 heavy (non-hydrogen) atoms. The van der Waals surface area contributed by atoms with Gasteiger partial charge in [0.2, 0.25) is 5.91 Å². The zero-order valence-corrected chi connectivity index (χ0v) is 14.3. The van der Waals surface area contributed by atoms with Crippen molar-refractivity contribution in [1.82, 2.24) is 9.88 Å². The van der Waals surface area contributed by atoms with E-state index in [2.05, 4.69) is 4.98 Å². The zero-order valence-electron chi connectivity index (χ0n) is 14.3. The Bertz CT molecular complexity index is 775. The van der Waals surface area contributed by atoms with Crippen molar-refractivity contribution < 1.29 is 22.7 Å². The Morgan fingerprint density at radius 1 is 1.27 bits per heavy atom. The molecule has 0 saturated carbocycles. The third-order valence-corrected chi connectivity index (χ3v) is 4.35. The third kappa shape index (κ3) is 4.40. The topological polar surface area (TPSA) is 42.4 Å². The van der Waals surface area contributed by atoms with Gasteiger partial charge in [0.15, 0.2) is 0 Å². The van der Waals surface area contributed by atoms with Gasteiger partial charge < -0.3 is 9.64 Å². The summed E-state index contributed by atoms with van der Waals surface area (Å²) in [5.74, 6) is -0.000494. The minimum Gasteiger partial charge on any atom is -0.368 e. The number of ether oxygens (including phenoxy) is 1. The minimum absolute atomic E-state index is 0.000494. The standard InChI is InChI=1S/C19H19F3N2O2/c1-13(25)24-7-8-26-18(12-24)17-6-5-15(11-23-17)9-14-3-2-4-16(10-14)19(20,21)22/h2-6,10-11,18H,7-9,12H2,1H3. The molecule has 4 nitrogen and oxygen atoms in total. The van der Waals surface area contributed by atoms with E-state index in [0.717, 1.165) is 17.7 Å². The number of carbonyl (C=O) groups excluding carboxylic acids is 1. The van der Waals surface area contributed by atoms with Crippen LogP contribution in [0.25, 0.3) is 0 Å². The molecule has 3 rings (SSSR count). The van der Waals surface area contributed by atoms with Crippen LogP contribution in [0, 0.1) is 0 Å².